The lowest BCUT2D eigenvalue weighted by Crippen LogP contribution is -2.05. The summed E-state index contributed by atoms with van der Waals surface area (Å²) < 4.78 is 32.3. The van der Waals surface area contributed by atoms with E-state index in [2.05, 4.69) is 0 Å². The molecule has 2 N–H and O–H groups in total. The van der Waals surface area contributed by atoms with Crippen molar-refractivity contribution >= 4 is 0 Å². The Morgan fingerprint density at radius 1 is 1.00 bits per heavy atom. The van der Waals surface area contributed by atoms with Gasteiger partial charge in [0.2, 0.25) is 0 Å². The molecule has 0 bridgehead atoms. The summed E-state index contributed by atoms with van der Waals surface area (Å²) in [6, 6.07) is 9.98. The molecule has 0 spiro atoms. The van der Waals surface area contributed by atoms with Gasteiger partial charge in [-0.2, -0.15) is 0 Å². The van der Waals surface area contributed by atoms with Crippen LogP contribution in [-0.2, 0) is 0 Å². The first-order chi connectivity index (χ1) is 8.58. The van der Waals surface area contributed by atoms with Crippen LogP contribution in [0.3, 0.4) is 0 Å². The van der Waals surface area contributed by atoms with Gasteiger partial charge < -0.3 is 10.5 Å². The molecule has 0 saturated carbocycles. The molecule has 2 aromatic rings. The molecule has 1 unspecified atom stereocenters. The van der Waals surface area contributed by atoms with Crippen LogP contribution in [0.1, 0.15) is 18.5 Å². The summed E-state index contributed by atoms with van der Waals surface area (Å²) in [5.74, 6) is -1.13. The van der Waals surface area contributed by atoms with Crippen LogP contribution in [-0.4, -0.2) is 0 Å². The van der Waals surface area contributed by atoms with Gasteiger partial charge >= 0.3 is 0 Å². The minimum atomic E-state index is -0.562. The molecule has 2 nitrogen and oxygen atoms in total. The average molecular weight is 249 g/mol. The first-order valence-corrected chi connectivity index (χ1v) is 5.55. The predicted octanol–water partition coefficient (Wildman–Crippen LogP) is 3.78. The summed E-state index contributed by atoms with van der Waals surface area (Å²) in [6.45, 7) is 1.76. The number of nitrogens with two attached hydrogens (primary N) is 1. The molecule has 1 atom stereocenters. The maximum Gasteiger partial charge on any atom is 0.166 e. The third kappa shape index (κ3) is 2.65. The fraction of sp³-hybridized carbons (Fsp3) is 0.143. The van der Waals surface area contributed by atoms with Crippen LogP contribution < -0.4 is 10.5 Å². The molecule has 0 amide bonds. The summed E-state index contributed by atoms with van der Waals surface area (Å²) in [4.78, 5) is 0. The van der Waals surface area contributed by atoms with E-state index < -0.39 is 11.6 Å². The van der Waals surface area contributed by atoms with Gasteiger partial charge in [0.1, 0.15) is 0 Å². The van der Waals surface area contributed by atoms with Crippen LogP contribution in [0.5, 0.6) is 11.5 Å². The van der Waals surface area contributed by atoms with Crippen molar-refractivity contribution in [1.29, 1.82) is 0 Å². The van der Waals surface area contributed by atoms with Crippen LogP contribution >= 0.6 is 0 Å². The largest absolute Gasteiger partial charge is 0.451 e. The highest BCUT2D eigenvalue weighted by atomic mass is 19.1. The van der Waals surface area contributed by atoms with Gasteiger partial charge in [0.15, 0.2) is 23.1 Å². The van der Waals surface area contributed by atoms with Gasteiger partial charge in [-0.1, -0.05) is 18.2 Å². The number of ether oxygens (including phenoxy) is 1. The van der Waals surface area contributed by atoms with E-state index in [0.717, 1.165) is 0 Å². The highest BCUT2D eigenvalue weighted by Crippen LogP contribution is 2.27. The summed E-state index contributed by atoms with van der Waals surface area (Å²) in [6.07, 6.45) is 0. The maximum absolute atomic E-state index is 13.7. The van der Waals surface area contributed by atoms with E-state index in [1.54, 1.807) is 19.1 Å². The van der Waals surface area contributed by atoms with Crippen molar-refractivity contribution in [3.05, 3.63) is 59.7 Å². The molecule has 0 radical (unpaired) electrons. The van der Waals surface area contributed by atoms with Crippen molar-refractivity contribution in [3.63, 3.8) is 0 Å². The molecule has 4 heteroatoms. The van der Waals surface area contributed by atoms with Crippen LogP contribution in [0, 0.1) is 11.6 Å². The number of hydrogen-bond donors (Lipinski definition) is 1. The topological polar surface area (TPSA) is 35.2 Å². The highest BCUT2D eigenvalue weighted by Gasteiger charge is 2.10. The number of benzene rings is 2. The highest BCUT2D eigenvalue weighted by molar-refractivity contribution is 5.35. The average Bonchev–Trinajstić information content (AvgIpc) is 2.34. The second kappa shape index (κ2) is 5.14. The monoisotopic (exact) mass is 249 g/mol. The summed E-state index contributed by atoms with van der Waals surface area (Å²) in [7, 11) is 0. The molecular weight excluding hydrogens is 236 g/mol. The molecule has 0 aromatic heterocycles. The Morgan fingerprint density at radius 2 is 1.67 bits per heavy atom. The standard InChI is InChI=1S/C14H13F2NO/c1-9(17)10-6-7-14(12(16)8-10)18-13-5-3-2-4-11(13)15/h2-9H,17H2,1H3. The molecule has 94 valence electrons. The number of rotatable bonds is 3. The normalized spacial score (nSPS) is 12.2. The van der Waals surface area contributed by atoms with Gasteiger partial charge in [-0.05, 0) is 36.8 Å². The maximum atomic E-state index is 13.7. The molecule has 0 saturated heterocycles. The zero-order chi connectivity index (χ0) is 13.1. The second-order valence-corrected chi connectivity index (χ2v) is 4.01. The molecule has 0 fully saturated rings. The van der Waals surface area contributed by atoms with Crippen LogP contribution in [0.2, 0.25) is 0 Å². The zero-order valence-corrected chi connectivity index (χ0v) is 9.86. The number of hydrogen-bond acceptors (Lipinski definition) is 2. The van der Waals surface area contributed by atoms with E-state index in [0.29, 0.717) is 5.56 Å². The molecule has 18 heavy (non-hydrogen) atoms. The van der Waals surface area contributed by atoms with Gasteiger partial charge in [-0.3, -0.25) is 0 Å². The van der Waals surface area contributed by atoms with Gasteiger partial charge in [0, 0.05) is 6.04 Å². The minimum Gasteiger partial charge on any atom is -0.451 e. The first kappa shape index (κ1) is 12.5. The van der Waals surface area contributed by atoms with Gasteiger partial charge in [-0.25, -0.2) is 8.78 Å². The van der Waals surface area contributed by atoms with Crippen molar-refractivity contribution in [1.82, 2.24) is 0 Å². The zero-order valence-electron chi connectivity index (χ0n) is 9.86. The van der Waals surface area contributed by atoms with Gasteiger partial charge in [0.05, 0.1) is 0 Å². The Hall–Kier alpha value is -1.94. The first-order valence-electron chi connectivity index (χ1n) is 5.55. The van der Waals surface area contributed by atoms with Crippen molar-refractivity contribution in [3.8, 4) is 11.5 Å². The van der Waals surface area contributed by atoms with E-state index in [1.807, 2.05) is 0 Å². The lowest BCUT2D eigenvalue weighted by molar-refractivity contribution is 0.414. The Kier molecular flexibility index (Phi) is 3.58. The van der Waals surface area contributed by atoms with Crippen molar-refractivity contribution in [2.24, 2.45) is 5.73 Å². The van der Waals surface area contributed by atoms with Crippen molar-refractivity contribution < 1.29 is 13.5 Å². The molecule has 2 rings (SSSR count). The second-order valence-electron chi connectivity index (χ2n) is 4.01. The lowest BCUT2D eigenvalue weighted by Gasteiger charge is -2.10. The Labute approximate surface area is 104 Å². The number of halogens is 2. The molecule has 0 aliphatic heterocycles. The fourth-order valence-corrected chi connectivity index (χ4v) is 1.53. The van der Waals surface area contributed by atoms with E-state index in [1.165, 1.54) is 30.3 Å². The van der Waals surface area contributed by atoms with Crippen LogP contribution in [0.15, 0.2) is 42.5 Å². The third-order valence-corrected chi connectivity index (χ3v) is 2.54. The fourth-order valence-electron chi connectivity index (χ4n) is 1.53. The lowest BCUT2D eigenvalue weighted by atomic mass is 10.1. The minimum absolute atomic E-state index is 0.00931. The van der Waals surface area contributed by atoms with Crippen LogP contribution in [0.25, 0.3) is 0 Å². The Balaban J connectivity index is 2.28. The van der Waals surface area contributed by atoms with Crippen molar-refractivity contribution in [2.75, 3.05) is 0 Å². The van der Waals surface area contributed by atoms with E-state index in [9.17, 15) is 8.78 Å². The summed E-state index contributed by atoms with van der Waals surface area (Å²) in [5, 5.41) is 0. The van der Waals surface area contributed by atoms with E-state index in [4.69, 9.17) is 10.5 Å². The summed E-state index contributed by atoms with van der Waals surface area (Å²) in [5.41, 5.74) is 6.30. The van der Waals surface area contributed by atoms with Gasteiger partial charge in [0.25, 0.3) is 0 Å². The van der Waals surface area contributed by atoms with Gasteiger partial charge in [-0.15, -0.1) is 0 Å². The third-order valence-electron chi connectivity index (χ3n) is 2.54. The Bertz CT molecular complexity index is 555. The molecule has 2 aromatic carbocycles. The molecular formula is C14H13F2NO. The predicted molar refractivity (Wildman–Crippen MR) is 65.5 cm³/mol. The molecule has 0 aliphatic carbocycles. The van der Waals surface area contributed by atoms with Crippen molar-refractivity contribution in [2.45, 2.75) is 13.0 Å². The smallest absolute Gasteiger partial charge is 0.166 e. The number of para-hydroxylation sites is 1. The molecule has 0 aliphatic rings. The van der Waals surface area contributed by atoms with E-state index in [-0.39, 0.29) is 17.5 Å². The Morgan fingerprint density at radius 3 is 2.28 bits per heavy atom. The molecule has 0 heterocycles. The quantitative estimate of drug-likeness (QED) is 0.898. The van der Waals surface area contributed by atoms with Crippen LogP contribution in [0.4, 0.5) is 8.78 Å². The van der Waals surface area contributed by atoms with E-state index >= 15 is 0 Å². The SMILES string of the molecule is CC(N)c1ccc(Oc2ccccc2F)c(F)c1. The summed E-state index contributed by atoms with van der Waals surface area (Å²) >= 11 is 0.